The molecule has 0 unspecified atom stereocenters. The first-order valence-corrected chi connectivity index (χ1v) is 3.83. The van der Waals surface area contributed by atoms with Gasteiger partial charge in [0.05, 0.1) is 0 Å². The molecule has 0 aliphatic carbocycles. The van der Waals surface area contributed by atoms with Gasteiger partial charge in [-0.05, 0) is 23.8 Å². The molecular formula is C9H8O2S. The molecule has 12 heavy (non-hydrogen) atoms. The normalized spacial score (nSPS) is 10.4. The van der Waals surface area contributed by atoms with Gasteiger partial charge in [0.2, 0.25) is 0 Å². The standard InChI is InChI=1S/C9H8O2S/c10-9(11)5-4-7-2-1-3-8(12)6-7/h1-6,12H,(H,10,11). The molecule has 1 rings (SSSR count). The summed E-state index contributed by atoms with van der Waals surface area (Å²) in [6.45, 7) is 0. The van der Waals surface area contributed by atoms with E-state index >= 15 is 0 Å². The summed E-state index contributed by atoms with van der Waals surface area (Å²) in [7, 11) is 0. The van der Waals surface area contributed by atoms with Gasteiger partial charge in [0.1, 0.15) is 0 Å². The Balaban J connectivity index is 2.83. The average Bonchev–Trinajstić information content (AvgIpc) is 2.01. The van der Waals surface area contributed by atoms with Gasteiger partial charge in [0, 0.05) is 11.0 Å². The molecule has 0 aliphatic heterocycles. The van der Waals surface area contributed by atoms with Crippen molar-refractivity contribution in [3.8, 4) is 0 Å². The second kappa shape index (κ2) is 3.97. The highest BCUT2D eigenvalue weighted by Gasteiger charge is 1.89. The molecule has 1 aromatic rings. The summed E-state index contributed by atoms with van der Waals surface area (Å²) in [5.74, 6) is -0.945. The van der Waals surface area contributed by atoms with Gasteiger partial charge >= 0.3 is 5.97 Å². The maximum atomic E-state index is 10.2. The molecule has 1 aromatic carbocycles. The quantitative estimate of drug-likeness (QED) is 0.540. The molecule has 0 saturated carbocycles. The summed E-state index contributed by atoms with van der Waals surface area (Å²) >= 11 is 4.12. The van der Waals surface area contributed by atoms with Crippen LogP contribution in [-0.2, 0) is 4.79 Å². The van der Waals surface area contributed by atoms with E-state index in [0.29, 0.717) is 0 Å². The van der Waals surface area contributed by atoms with E-state index in [4.69, 9.17) is 5.11 Å². The fourth-order valence-corrected chi connectivity index (χ4v) is 1.03. The molecule has 0 radical (unpaired) electrons. The summed E-state index contributed by atoms with van der Waals surface area (Å²) in [6, 6.07) is 7.27. The van der Waals surface area contributed by atoms with Crippen LogP contribution in [0.1, 0.15) is 5.56 Å². The highest BCUT2D eigenvalue weighted by molar-refractivity contribution is 7.80. The number of thiol groups is 1. The van der Waals surface area contributed by atoms with Gasteiger partial charge in [-0.2, -0.15) is 0 Å². The number of hydrogen-bond acceptors (Lipinski definition) is 2. The summed E-state index contributed by atoms with van der Waals surface area (Å²) in [4.78, 5) is 11.0. The minimum absolute atomic E-state index is 0.822. The fraction of sp³-hybridized carbons (Fsp3) is 0. The lowest BCUT2D eigenvalue weighted by atomic mass is 10.2. The zero-order valence-corrected chi connectivity index (χ0v) is 7.16. The number of benzene rings is 1. The molecule has 0 aliphatic rings. The van der Waals surface area contributed by atoms with Crippen molar-refractivity contribution in [2.24, 2.45) is 0 Å². The van der Waals surface area contributed by atoms with Crippen molar-refractivity contribution in [3.63, 3.8) is 0 Å². The summed E-state index contributed by atoms with van der Waals surface area (Å²) in [5.41, 5.74) is 0.838. The Morgan fingerprint density at radius 1 is 1.50 bits per heavy atom. The van der Waals surface area contributed by atoms with Gasteiger partial charge < -0.3 is 5.11 Å². The van der Waals surface area contributed by atoms with Crippen LogP contribution in [0.4, 0.5) is 0 Å². The van der Waals surface area contributed by atoms with Crippen molar-refractivity contribution < 1.29 is 9.90 Å². The molecule has 62 valence electrons. The third-order valence-corrected chi connectivity index (χ3v) is 1.57. The van der Waals surface area contributed by atoms with E-state index in [1.165, 1.54) is 6.08 Å². The van der Waals surface area contributed by atoms with Crippen molar-refractivity contribution in [1.29, 1.82) is 0 Å². The van der Waals surface area contributed by atoms with E-state index < -0.39 is 5.97 Å². The lowest BCUT2D eigenvalue weighted by Crippen LogP contribution is -1.85. The second-order valence-electron chi connectivity index (χ2n) is 2.27. The molecule has 0 aromatic heterocycles. The van der Waals surface area contributed by atoms with Gasteiger partial charge in [-0.1, -0.05) is 12.1 Å². The minimum Gasteiger partial charge on any atom is -0.478 e. The zero-order valence-electron chi connectivity index (χ0n) is 6.27. The highest BCUT2D eigenvalue weighted by atomic mass is 32.1. The third kappa shape index (κ3) is 2.80. The largest absolute Gasteiger partial charge is 0.478 e. The molecular weight excluding hydrogens is 172 g/mol. The monoisotopic (exact) mass is 180 g/mol. The van der Waals surface area contributed by atoms with Gasteiger partial charge in [0.25, 0.3) is 0 Å². The van der Waals surface area contributed by atoms with Gasteiger partial charge in [-0.25, -0.2) is 4.79 Å². The Kier molecular flexibility index (Phi) is 2.94. The summed E-state index contributed by atoms with van der Waals surface area (Å²) in [5, 5.41) is 8.34. The van der Waals surface area contributed by atoms with E-state index in [1.54, 1.807) is 6.07 Å². The summed E-state index contributed by atoms with van der Waals surface area (Å²) < 4.78 is 0. The average molecular weight is 180 g/mol. The van der Waals surface area contributed by atoms with Crippen LogP contribution in [0.15, 0.2) is 35.2 Å². The van der Waals surface area contributed by atoms with Crippen molar-refractivity contribution in [1.82, 2.24) is 0 Å². The molecule has 0 heterocycles. The number of hydrogen-bond donors (Lipinski definition) is 2. The molecule has 2 nitrogen and oxygen atoms in total. The Labute approximate surface area is 75.9 Å². The molecule has 1 N–H and O–H groups in total. The molecule has 0 spiro atoms. The maximum Gasteiger partial charge on any atom is 0.328 e. The smallest absolute Gasteiger partial charge is 0.328 e. The van der Waals surface area contributed by atoms with Gasteiger partial charge in [-0.3, -0.25) is 0 Å². The molecule has 0 saturated heterocycles. The van der Waals surface area contributed by atoms with Crippen LogP contribution < -0.4 is 0 Å². The second-order valence-corrected chi connectivity index (χ2v) is 2.78. The van der Waals surface area contributed by atoms with Crippen molar-refractivity contribution in [2.75, 3.05) is 0 Å². The lowest BCUT2D eigenvalue weighted by molar-refractivity contribution is -0.131. The highest BCUT2D eigenvalue weighted by Crippen LogP contribution is 2.09. The van der Waals surface area contributed by atoms with Crippen LogP contribution in [0.25, 0.3) is 6.08 Å². The van der Waals surface area contributed by atoms with Crippen molar-refractivity contribution >= 4 is 24.7 Å². The number of carboxylic acid groups (broad SMARTS) is 1. The first-order valence-electron chi connectivity index (χ1n) is 3.38. The Morgan fingerprint density at radius 2 is 2.25 bits per heavy atom. The number of aliphatic carboxylic acids is 1. The van der Waals surface area contributed by atoms with Crippen LogP contribution in [0, 0.1) is 0 Å². The van der Waals surface area contributed by atoms with Crippen molar-refractivity contribution in [2.45, 2.75) is 4.90 Å². The number of carboxylic acids is 1. The first kappa shape index (κ1) is 8.87. The topological polar surface area (TPSA) is 37.3 Å². The van der Waals surface area contributed by atoms with Crippen LogP contribution in [0.2, 0.25) is 0 Å². The Morgan fingerprint density at radius 3 is 2.83 bits per heavy atom. The minimum atomic E-state index is -0.945. The molecule has 0 atom stereocenters. The third-order valence-electron chi connectivity index (χ3n) is 1.29. The van der Waals surface area contributed by atoms with E-state index in [0.717, 1.165) is 16.5 Å². The van der Waals surface area contributed by atoms with Crippen LogP contribution in [0.5, 0.6) is 0 Å². The van der Waals surface area contributed by atoms with Crippen molar-refractivity contribution in [3.05, 3.63) is 35.9 Å². The molecule has 0 bridgehead atoms. The van der Waals surface area contributed by atoms with E-state index in [9.17, 15) is 4.79 Å². The maximum absolute atomic E-state index is 10.2. The lowest BCUT2D eigenvalue weighted by Gasteiger charge is -1.92. The molecule has 3 heteroatoms. The molecule has 0 fully saturated rings. The predicted molar refractivity (Wildman–Crippen MR) is 50.4 cm³/mol. The van der Waals surface area contributed by atoms with Crippen LogP contribution in [-0.4, -0.2) is 11.1 Å². The van der Waals surface area contributed by atoms with Crippen LogP contribution >= 0.6 is 12.6 Å². The predicted octanol–water partition coefficient (Wildman–Crippen LogP) is 2.07. The van der Waals surface area contributed by atoms with Gasteiger partial charge in [-0.15, -0.1) is 12.6 Å². The van der Waals surface area contributed by atoms with E-state index in [-0.39, 0.29) is 0 Å². The zero-order chi connectivity index (χ0) is 8.97. The molecule has 0 amide bonds. The number of carbonyl (C=O) groups is 1. The van der Waals surface area contributed by atoms with Gasteiger partial charge in [0.15, 0.2) is 0 Å². The first-order chi connectivity index (χ1) is 5.68. The summed E-state index contributed by atoms with van der Waals surface area (Å²) in [6.07, 6.45) is 2.63. The Bertz CT molecular complexity index is 318. The van der Waals surface area contributed by atoms with Crippen LogP contribution in [0.3, 0.4) is 0 Å². The van der Waals surface area contributed by atoms with E-state index in [1.807, 2.05) is 18.2 Å². The Hall–Kier alpha value is -1.22. The number of rotatable bonds is 2. The fourth-order valence-electron chi connectivity index (χ4n) is 0.796. The SMILES string of the molecule is O=C(O)C=Cc1cccc(S)c1. The van der Waals surface area contributed by atoms with E-state index in [2.05, 4.69) is 12.6 Å².